The monoisotopic (exact) mass is 344 g/mol. The van der Waals surface area contributed by atoms with Gasteiger partial charge in [0.2, 0.25) is 5.72 Å². The molecule has 12 heteroatoms. The highest BCUT2D eigenvalue weighted by molar-refractivity contribution is 7.89. The molecular formula is C10H12F4N4O3S. The molecular weight excluding hydrogens is 332 g/mol. The van der Waals surface area contributed by atoms with Gasteiger partial charge in [-0.1, -0.05) is 0 Å². The average Bonchev–Trinajstić information content (AvgIpc) is 2.93. The molecule has 0 saturated heterocycles. The van der Waals surface area contributed by atoms with Crippen LogP contribution in [0.3, 0.4) is 0 Å². The topological polar surface area (TPSA) is 87.8 Å². The molecule has 2 heterocycles. The Bertz CT molecular complexity index is 718. The second-order valence-corrected chi connectivity index (χ2v) is 6.45. The van der Waals surface area contributed by atoms with E-state index in [2.05, 4.69) is 10.2 Å². The van der Waals surface area contributed by atoms with E-state index >= 15 is 0 Å². The van der Waals surface area contributed by atoms with E-state index in [1.165, 1.54) is 14.0 Å². The molecule has 1 N–H and O–H groups in total. The van der Waals surface area contributed by atoms with Gasteiger partial charge in [-0.25, -0.2) is 17.6 Å². The van der Waals surface area contributed by atoms with Gasteiger partial charge < -0.3 is 5.11 Å². The fourth-order valence-corrected chi connectivity index (χ4v) is 3.59. The Balaban J connectivity index is 2.58. The van der Waals surface area contributed by atoms with Gasteiger partial charge in [0, 0.05) is 13.5 Å². The highest BCUT2D eigenvalue weighted by atomic mass is 32.2. The first-order valence-electron chi connectivity index (χ1n) is 5.92. The minimum absolute atomic E-state index is 0.0808. The van der Waals surface area contributed by atoms with E-state index in [1.807, 2.05) is 0 Å². The molecule has 22 heavy (non-hydrogen) atoms. The van der Waals surface area contributed by atoms with E-state index < -0.39 is 45.6 Å². The Kier molecular flexibility index (Phi) is 3.94. The number of nitrogens with zero attached hydrogens (tertiary/aromatic N) is 4. The molecule has 1 aromatic heterocycles. The summed E-state index contributed by atoms with van der Waals surface area (Å²) in [6, 6.07) is 0. The number of aromatic nitrogens is 2. The molecule has 0 aromatic carbocycles. The minimum atomic E-state index is -4.77. The van der Waals surface area contributed by atoms with Crippen LogP contribution < -0.4 is 0 Å². The van der Waals surface area contributed by atoms with Crippen LogP contribution >= 0.6 is 0 Å². The van der Waals surface area contributed by atoms with Crippen LogP contribution in [0.2, 0.25) is 0 Å². The number of sulfonamides is 1. The van der Waals surface area contributed by atoms with E-state index in [1.54, 1.807) is 0 Å². The highest BCUT2D eigenvalue weighted by Gasteiger charge is 2.56. The zero-order chi connectivity index (χ0) is 16.9. The Morgan fingerprint density at radius 1 is 1.36 bits per heavy atom. The van der Waals surface area contributed by atoms with E-state index in [0.717, 1.165) is 10.9 Å². The molecule has 124 valence electrons. The molecule has 0 fully saturated rings. The molecule has 0 aliphatic carbocycles. The number of halogens is 4. The van der Waals surface area contributed by atoms with E-state index in [0.29, 0.717) is 0 Å². The van der Waals surface area contributed by atoms with Crippen LogP contribution in [0.5, 0.6) is 0 Å². The van der Waals surface area contributed by atoms with Crippen molar-refractivity contribution in [2.75, 3.05) is 0 Å². The lowest BCUT2D eigenvalue weighted by molar-refractivity contribution is -0.150. The molecule has 0 unspecified atom stereocenters. The molecule has 0 radical (unpaired) electrons. The van der Waals surface area contributed by atoms with Crippen molar-refractivity contribution in [3.63, 3.8) is 0 Å². The first-order valence-corrected chi connectivity index (χ1v) is 7.36. The van der Waals surface area contributed by atoms with Gasteiger partial charge in [0.05, 0.1) is 11.9 Å². The third-order valence-corrected chi connectivity index (χ3v) is 5.10. The summed E-state index contributed by atoms with van der Waals surface area (Å²) in [6.45, 7) is 1.34. The van der Waals surface area contributed by atoms with E-state index in [9.17, 15) is 31.1 Å². The van der Waals surface area contributed by atoms with Crippen molar-refractivity contribution < 1.29 is 31.1 Å². The summed E-state index contributed by atoms with van der Waals surface area (Å²) >= 11 is 0. The van der Waals surface area contributed by atoms with Crippen molar-refractivity contribution in [1.82, 2.24) is 14.2 Å². The molecule has 7 nitrogen and oxygen atoms in total. The fourth-order valence-electron chi connectivity index (χ4n) is 1.94. The maximum absolute atomic E-state index is 13.1. The Morgan fingerprint density at radius 2 is 1.95 bits per heavy atom. The Labute approximate surface area is 122 Å². The van der Waals surface area contributed by atoms with Gasteiger partial charge in [-0.05, 0) is 6.92 Å². The summed E-state index contributed by atoms with van der Waals surface area (Å²) in [5.74, 6) is 0. The molecule has 0 bridgehead atoms. The third kappa shape index (κ3) is 2.35. The number of alkyl halides is 4. The molecule has 0 spiro atoms. The zero-order valence-electron chi connectivity index (χ0n) is 11.4. The quantitative estimate of drug-likeness (QED) is 0.815. The van der Waals surface area contributed by atoms with Crippen LogP contribution in [-0.2, 0) is 17.1 Å². The number of hydrazone groups is 1. The molecule has 0 saturated carbocycles. The highest BCUT2D eigenvalue weighted by Crippen LogP contribution is 2.37. The lowest BCUT2D eigenvalue weighted by Gasteiger charge is -2.30. The van der Waals surface area contributed by atoms with Crippen molar-refractivity contribution in [3.8, 4) is 0 Å². The SMILES string of the molecule is Cc1c(S(=O)(=O)N2N=C(C(F)F)C[C@@]2(O)C(F)F)cnn1C. The maximum Gasteiger partial charge on any atom is 0.288 e. The van der Waals surface area contributed by atoms with Crippen LogP contribution in [0.4, 0.5) is 17.6 Å². The lowest BCUT2D eigenvalue weighted by Crippen LogP contribution is -2.51. The summed E-state index contributed by atoms with van der Waals surface area (Å²) in [7, 11) is -3.36. The van der Waals surface area contributed by atoms with Gasteiger partial charge >= 0.3 is 0 Å². The van der Waals surface area contributed by atoms with Gasteiger partial charge in [0.25, 0.3) is 22.9 Å². The molecule has 1 atom stereocenters. The standard InChI is InChI=1S/C10H12F4N4O3S/c1-5-7(4-15-17(5)2)22(20,21)18-10(19,9(13)14)3-6(16-18)8(11)12/h4,8-9,19H,3H2,1-2H3/t10-/m1/s1. The van der Waals surface area contributed by atoms with E-state index in [-0.39, 0.29) is 10.1 Å². The van der Waals surface area contributed by atoms with Gasteiger partial charge in [-0.3, -0.25) is 4.68 Å². The summed E-state index contributed by atoms with van der Waals surface area (Å²) < 4.78 is 77.0. The second kappa shape index (κ2) is 5.19. The number of aliphatic hydroxyl groups is 1. The third-order valence-electron chi connectivity index (χ3n) is 3.29. The van der Waals surface area contributed by atoms with Crippen LogP contribution in [0.1, 0.15) is 12.1 Å². The first-order chi connectivity index (χ1) is 10.0. The van der Waals surface area contributed by atoms with Crippen molar-refractivity contribution in [2.24, 2.45) is 12.1 Å². The summed E-state index contributed by atoms with van der Waals surface area (Å²) in [5, 5.41) is 16.5. The molecule has 1 aliphatic rings. The van der Waals surface area contributed by atoms with Crippen molar-refractivity contribution in [3.05, 3.63) is 11.9 Å². The number of rotatable bonds is 4. The second-order valence-electron chi connectivity index (χ2n) is 4.71. The summed E-state index contributed by atoms with van der Waals surface area (Å²) in [6.07, 6.45) is -7.30. The molecule has 1 aromatic rings. The van der Waals surface area contributed by atoms with Gasteiger partial charge in [-0.15, -0.1) is 4.41 Å². The van der Waals surface area contributed by atoms with Gasteiger partial charge in [-0.2, -0.15) is 18.6 Å². The summed E-state index contributed by atoms with van der Waals surface area (Å²) in [5.41, 5.74) is -4.40. The van der Waals surface area contributed by atoms with Gasteiger partial charge in [0.1, 0.15) is 10.6 Å². The molecule has 0 amide bonds. The van der Waals surface area contributed by atoms with E-state index in [4.69, 9.17) is 0 Å². The normalized spacial score (nSPS) is 22.8. The molecule has 1 aliphatic heterocycles. The first kappa shape index (κ1) is 16.7. The molecule has 2 rings (SSSR count). The van der Waals surface area contributed by atoms with Crippen LogP contribution in [0.25, 0.3) is 0 Å². The van der Waals surface area contributed by atoms with Crippen LogP contribution in [0, 0.1) is 6.92 Å². The number of hydrogen-bond acceptors (Lipinski definition) is 5. The number of hydrogen-bond donors (Lipinski definition) is 1. The van der Waals surface area contributed by atoms with Crippen molar-refractivity contribution in [1.29, 1.82) is 0 Å². The van der Waals surface area contributed by atoms with Crippen molar-refractivity contribution in [2.45, 2.75) is 36.8 Å². The Hall–Kier alpha value is -1.69. The minimum Gasteiger partial charge on any atom is -0.364 e. The Morgan fingerprint density at radius 3 is 2.36 bits per heavy atom. The maximum atomic E-state index is 13.1. The predicted molar refractivity (Wildman–Crippen MR) is 66.0 cm³/mol. The van der Waals surface area contributed by atoms with Crippen LogP contribution in [-0.4, -0.2) is 52.0 Å². The van der Waals surface area contributed by atoms with Gasteiger partial charge in [0.15, 0.2) is 0 Å². The fraction of sp³-hybridized carbons (Fsp3) is 0.600. The van der Waals surface area contributed by atoms with Crippen molar-refractivity contribution >= 4 is 15.7 Å². The smallest absolute Gasteiger partial charge is 0.288 e. The van der Waals surface area contributed by atoms with Crippen LogP contribution in [0.15, 0.2) is 16.2 Å². The summed E-state index contributed by atoms with van der Waals surface area (Å²) in [4.78, 5) is -0.506. The number of aryl methyl sites for hydroxylation is 1. The zero-order valence-corrected chi connectivity index (χ0v) is 12.2. The lowest BCUT2D eigenvalue weighted by atomic mass is 10.1. The largest absolute Gasteiger partial charge is 0.364 e. The predicted octanol–water partition coefficient (Wildman–Crippen LogP) is 0.698. The average molecular weight is 344 g/mol.